The fourth-order valence-corrected chi connectivity index (χ4v) is 2.72. The highest BCUT2D eigenvalue weighted by Gasteiger charge is 2.27. The molecule has 0 radical (unpaired) electrons. The molecule has 0 atom stereocenters. The molecule has 0 spiro atoms. The highest BCUT2D eigenvalue weighted by atomic mass is 32.2. The lowest BCUT2D eigenvalue weighted by molar-refractivity contribution is -0.155. The molecule has 1 rings (SSSR count). The van der Waals surface area contributed by atoms with Crippen molar-refractivity contribution in [2.24, 2.45) is 0 Å². The van der Waals surface area contributed by atoms with Crippen LogP contribution in [0.5, 0.6) is 0 Å². The Morgan fingerprint density at radius 1 is 1.12 bits per heavy atom. The van der Waals surface area contributed by atoms with Gasteiger partial charge in [-0.2, -0.15) is 0 Å². The summed E-state index contributed by atoms with van der Waals surface area (Å²) in [7, 11) is 1.58. The van der Waals surface area contributed by atoms with E-state index in [1.165, 1.54) is 16.7 Å². The maximum atomic E-state index is 12.8. The van der Waals surface area contributed by atoms with Crippen molar-refractivity contribution in [3.05, 3.63) is 17.1 Å². The number of aryl methyl sites for hydroxylation is 1. The summed E-state index contributed by atoms with van der Waals surface area (Å²) in [5, 5.41) is 0.624. The molecule has 0 fully saturated rings. The van der Waals surface area contributed by atoms with E-state index in [4.69, 9.17) is 4.74 Å². The molecule has 1 heterocycles. The molecular weight excluding hydrogens is 338 g/mol. The molecule has 1 aromatic heterocycles. The number of rotatable bonds is 4. The lowest BCUT2D eigenvalue weighted by atomic mass is 9.95. The second kappa shape index (κ2) is 7.72. The summed E-state index contributed by atoms with van der Waals surface area (Å²) < 4.78 is 5.28. The minimum absolute atomic E-state index is 0.121. The van der Waals surface area contributed by atoms with Crippen molar-refractivity contribution >= 4 is 23.6 Å². The SMILES string of the molecule is CSc1nc(C(C)(C)C)nc(C)c1C(=O)N(C)CC(=O)OC(C)(C)C. The van der Waals surface area contributed by atoms with Gasteiger partial charge in [-0.05, 0) is 34.0 Å². The third-order valence-corrected chi connectivity index (χ3v) is 3.95. The van der Waals surface area contributed by atoms with Gasteiger partial charge < -0.3 is 9.64 Å². The summed E-state index contributed by atoms with van der Waals surface area (Å²) >= 11 is 1.40. The minimum Gasteiger partial charge on any atom is -0.459 e. The van der Waals surface area contributed by atoms with Gasteiger partial charge in [0.25, 0.3) is 5.91 Å². The summed E-state index contributed by atoms with van der Waals surface area (Å²) in [5.41, 5.74) is 0.259. The van der Waals surface area contributed by atoms with Crippen molar-refractivity contribution in [1.82, 2.24) is 14.9 Å². The van der Waals surface area contributed by atoms with Crippen LogP contribution in [0.4, 0.5) is 0 Å². The molecule has 7 heteroatoms. The number of likely N-dealkylation sites (N-methyl/N-ethyl adjacent to an activating group) is 1. The Kier molecular flexibility index (Phi) is 6.61. The Morgan fingerprint density at radius 3 is 2.12 bits per heavy atom. The van der Waals surface area contributed by atoms with Crippen molar-refractivity contribution in [1.29, 1.82) is 0 Å². The van der Waals surface area contributed by atoms with Crippen LogP contribution in [0.2, 0.25) is 0 Å². The predicted molar refractivity (Wildman–Crippen MR) is 100 cm³/mol. The van der Waals surface area contributed by atoms with Gasteiger partial charge in [-0.25, -0.2) is 9.97 Å². The number of hydrogen-bond donors (Lipinski definition) is 0. The van der Waals surface area contributed by atoms with E-state index in [-0.39, 0.29) is 17.9 Å². The second-order valence-electron chi connectivity index (χ2n) is 8.01. The molecular formula is C18H29N3O3S. The zero-order valence-corrected chi connectivity index (χ0v) is 17.5. The van der Waals surface area contributed by atoms with Gasteiger partial charge in [-0.3, -0.25) is 9.59 Å². The van der Waals surface area contributed by atoms with Crippen molar-refractivity contribution < 1.29 is 14.3 Å². The monoisotopic (exact) mass is 367 g/mol. The highest BCUT2D eigenvalue weighted by molar-refractivity contribution is 7.98. The maximum Gasteiger partial charge on any atom is 0.326 e. The van der Waals surface area contributed by atoms with Gasteiger partial charge in [-0.15, -0.1) is 11.8 Å². The molecule has 6 nitrogen and oxygen atoms in total. The topological polar surface area (TPSA) is 72.4 Å². The third-order valence-electron chi connectivity index (χ3n) is 3.27. The van der Waals surface area contributed by atoms with Crippen LogP contribution in [0.3, 0.4) is 0 Å². The van der Waals surface area contributed by atoms with E-state index < -0.39 is 11.6 Å². The molecule has 0 saturated carbocycles. The normalized spacial score (nSPS) is 12.0. The second-order valence-corrected chi connectivity index (χ2v) is 8.81. The first-order valence-corrected chi connectivity index (χ1v) is 9.39. The first kappa shape index (κ1) is 21.4. The van der Waals surface area contributed by atoms with E-state index in [0.717, 1.165) is 0 Å². The molecule has 1 aromatic rings. The summed E-state index contributed by atoms with van der Waals surface area (Å²) in [4.78, 5) is 35.2. The number of thioether (sulfide) groups is 1. The zero-order valence-electron chi connectivity index (χ0n) is 16.7. The van der Waals surface area contributed by atoms with E-state index in [2.05, 4.69) is 9.97 Å². The number of esters is 1. The lowest BCUT2D eigenvalue weighted by Gasteiger charge is -2.24. The fourth-order valence-electron chi connectivity index (χ4n) is 2.11. The van der Waals surface area contributed by atoms with E-state index in [9.17, 15) is 9.59 Å². The lowest BCUT2D eigenvalue weighted by Crippen LogP contribution is -2.37. The molecule has 0 N–H and O–H groups in total. The predicted octanol–water partition coefficient (Wildman–Crippen LogP) is 3.22. The fraction of sp³-hybridized carbons (Fsp3) is 0.667. The molecule has 0 aliphatic heterocycles. The van der Waals surface area contributed by atoms with Crippen molar-refractivity contribution in [3.8, 4) is 0 Å². The van der Waals surface area contributed by atoms with Gasteiger partial charge in [0.2, 0.25) is 0 Å². The Balaban J connectivity index is 3.10. The summed E-state index contributed by atoms with van der Waals surface area (Å²) in [5.74, 6) is -0.0344. The van der Waals surface area contributed by atoms with Gasteiger partial charge in [0, 0.05) is 12.5 Å². The number of ether oxygens (including phenoxy) is 1. The molecule has 1 amide bonds. The standard InChI is InChI=1S/C18H29N3O3S/c1-11-13(14(25-9)20-16(19-11)17(2,3)4)15(23)21(8)10-12(22)24-18(5,6)7/h10H2,1-9H3. The number of carbonyl (C=O) groups is 2. The largest absolute Gasteiger partial charge is 0.459 e. The van der Waals surface area contributed by atoms with Crippen LogP contribution in [0.1, 0.15) is 63.4 Å². The number of amides is 1. The van der Waals surface area contributed by atoms with Crippen LogP contribution in [-0.4, -0.2) is 52.2 Å². The van der Waals surface area contributed by atoms with Gasteiger partial charge in [-0.1, -0.05) is 20.8 Å². The number of carbonyl (C=O) groups excluding carboxylic acids is 2. The Labute approximate surface area is 154 Å². The summed E-state index contributed by atoms with van der Waals surface area (Å²) in [6, 6.07) is 0. The highest BCUT2D eigenvalue weighted by Crippen LogP contribution is 2.26. The van der Waals surface area contributed by atoms with Crippen molar-refractivity contribution in [2.75, 3.05) is 19.8 Å². The van der Waals surface area contributed by atoms with Gasteiger partial charge in [0.05, 0.1) is 11.3 Å². The molecule has 0 aromatic carbocycles. The third kappa shape index (κ3) is 5.99. The van der Waals surface area contributed by atoms with E-state index in [1.54, 1.807) is 34.7 Å². The maximum absolute atomic E-state index is 12.8. The number of nitrogens with zero attached hydrogens (tertiary/aromatic N) is 3. The molecule has 0 saturated heterocycles. The minimum atomic E-state index is -0.585. The number of aromatic nitrogens is 2. The van der Waals surface area contributed by atoms with Gasteiger partial charge in [0.15, 0.2) is 0 Å². The van der Waals surface area contributed by atoms with Crippen LogP contribution in [0.15, 0.2) is 5.03 Å². The Bertz CT molecular complexity index is 661. The van der Waals surface area contributed by atoms with Gasteiger partial charge in [0.1, 0.15) is 23.0 Å². The molecule has 140 valence electrons. The Morgan fingerprint density at radius 2 is 1.68 bits per heavy atom. The van der Waals surface area contributed by atoms with Crippen LogP contribution in [-0.2, 0) is 14.9 Å². The van der Waals surface area contributed by atoms with Gasteiger partial charge >= 0.3 is 5.97 Å². The first-order valence-electron chi connectivity index (χ1n) is 8.16. The molecule has 0 aliphatic carbocycles. The molecule has 0 bridgehead atoms. The van der Waals surface area contributed by atoms with Crippen LogP contribution >= 0.6 is 11.8 Å². The van der Waals surface area contributed by atoms with Crippen LogP contribution in [0.25, 0.3) is 0 Å². The Hall–Kier alpha value is -1.63. The van der Waals surface area contributed by atoms with E-state index >= 15 is 0 Å². The van der Waals surface area contributed by atoms with E-state index in [1.807, 2.05) is 27.0 Å². The summed E-state index contributed by atoms with van der Waals surface area (Å²) in [6.45, 7) is 13.1. The smallest absolute Gasteiger partial charge is 0.326 e. The van der Waals surface area contributed by atoms with Crippen molar-refractivity contribution in [2.45, 2.75) is 64.5 Å². The molecule has 25 heavy (non-hydrogen) atoms. The van der Waals surface area contributed by atoms with Crippen molar-refractivity contribution in [3.63, 3.8) is 0 Å². The van der Waals surface area contributed by atoms with E-state index in [0.29, 0.717) is 22.1 Å². The first-order chi connectivity index (χ1) is 11.3. The zero-order chi connectivity index (χ0) is 19.6. The number of hydrogen-bond acceptors (Lipinski definition) is 6. The quantitative estimate of drug-likeness (QED) is 0.462. The molecule has 0 unspecified atom stereocenters. The molecule has 0 aliphatic rings. The summed E-state index contributed by atoms with van der Waals surface area (Å²) in [6.07, 6.45) is 1.87. The average molecular weight is 368 g/mol. The van der Waals surface area contributed by atoms with Crippen LogP contribution < -0.4 is 0 Å². The van der Waals surface area contributed by atoms with Crippen LogP contribution in [0, 0.1) is 6.92 Å². The average Bonchev–Trinajstić information content (AvgIpc) is 2.42.